The summed E-state index contributed by atoms with van der Waals surface area (Å²) in [5.41, 5.74) is 15.0. The van der Waals surface area contributed by atoms with Crippen LogP contribution in [0.2, 0.25) is 4.47 Å². The van der Waals surface area contributed by atoms with Crippen molar-refractivity contribution in [3.8, 4) is 32.8 Å². The summed E-state index contributed by atoms with van der Waals surface area (Å²) < 4.78 is 3.01. The summed E-state index contributed by atoms with van der Waals surface area (Å²) in [4.78, 5) is 8.88. The maximum Gasteiger partial charge on any atom is 0.326 e. The van der Waals surface area contributed by atoms with Crippen LogP contribution < -0.4 is 5.46 Å². The van der Waals surface area contributed by atoms with Gasteiger partial charge in [-0.3, -0.25) is 0 Å². The number of nitrogens with zero attached hydrogens (tertiary/aromatic N) is 2. The van der Waals surface area contributed by atoms with Gasteiger partial charge in [0.25, 0.3) is 0 Å². The monoisotopic (exact) mass is 679 g/mol. The van der Waals surface area contributed by atoms with Gasteiger partial charge < -0.3 is 10.5 Å². The van der Waals surface area contributed by atoms with Gasteiger partial charge in [0.05, 0.1) is 20.4 Å². The van der Waals surface area contributed by atoms with Crippen LogP contribution in [0.15, 0.2) is 133 Å². The molecular formula is C40H29BClN2O2S2. The molecule has 0 atom stereocenters. The molecule has 0 amide bonds. The first-order chi connectivity index (χ1) is 23.1. The maximum atomic E-state index is 8.99. The van der Waals surface area contributed by atoms with E-state index in [4.69, 9.17) is 21.6 Å². The molecule has 8 heteroatoms. The highest BCUT2D eigenvalue weighted by molar-refractivity contribution is 7.22. The van der Waals surface area contributed by atoms with Crippen molar-refractivity contribution < 1.29 is 10.5 Å². The summed E-state index contributed by atoms with van der Waals surface area (Å²) in [6.45, 7) is 0. The summed E-state index contributed by atoms with van der Waals surface area (Å²) in [7, 11) is 1.15. The second-order valence-electron chi connectivity index (χ2n) is 11.5. The first-order valence-electron chi connectivity index (χ1n) is 15.4. The number of rotatable bonds is 2. The van der Waals surface area contributed by atoms with E-state index in [1.165, 1.54) is 66.1 Å². The number of benzene rings is 6. The van der Waals surface area contributed by atoms with E-state index in [-0.39, 0.29) is 5.48 Å². The fraction of sp³-hybridized carbons (Fsp3) is 0.0500. The first kappa shape index (κ1) is 31.9. The number of fused-ring (bicyclic) bond motifs is 8. The van der Waals surface area contributed by atoms with Crippen LogP contribution in [0.3, 0.4) is 0 Å². The van der Waals surface area contributed by atoms with Gasteiger partial charge >= 0.3 is 7.48 Å². The molecule has 0 fully saturated rings. The summed E-state index contributed by atoms with van der Waals surface area (Å²) in [6.07, 6.45) is 2.06. The van der Waals surface area contributed by atoms with Crippen molar-refractivity contribution in [2.75, 3.05) is 0 Å². The molecular weight excluding hydrogens is 651 g/mol. The fourth-order valence-electron chi connectivity index (χ4n) is 6.32. The van der Waals surface area contributed by atoms with Gasteiger partial charge in [0.1, 0.15) is 5.01 Å². The smallest absolute Gasteiger partial charge is 0.326 e. The topological polar surface area (TPSA) is 77.5 Å². The predicted octanol–water partition coefficient (Wildman–Crippen LogP) is 9.15. The van der Waals surface area contributed by atoms with Crippen LogP contribution in [-0.4, -0.2) is 28.0 Å². The van der Waals surface area contributed by atoms with Crippen LogP contribution in [0.25, 0.3) is 53.3 Å². The Morgan fingerprint density at radius 1 is 0.542 bits per heavy atom. The van der Waals surface area contributed by atoms with Crippen LogP contribution in [0.5, 0.6) is 0 Å². The highest BCUT2D eigenvalue weighted by Gasteiger charge is 2.19. The average molecular weight is 680 g/mol. The van der Waals surface area contributed by atoms with E-state index >= 15 is 0 Å². The molecule has 1 radical (unpaired) electrons. The van der Waals surface area contributed by atoms with E-state index in [1.807, 2.05) is 42.5 Å². The van der Waals surface area contributed by atoms with Crippen molar-refractivity contribution in [2.45, 2.75) is 12.8 Å². The molecule has 2 aliphatic rings. The van der Waals surface area contributed by atoms with Crippen molar-refractivity contribution in [3.05, 3.63) is 160 Å². The second-order valence-corrected chi connectivity index (χ2v) is 14.2. The van der Waals surface area contributed by atoms with Gasteiger partial charge in [-0.1, -0.05) is 120 Å². The summed E-state index contributed by atoms with van der Waals surface area (Å²) in [6, 6.07) is 46.2. The first-order valence-corrected chi connectivity index (χ1v) is 17.4. The van der Waals surface area contributed by atoms with E-state index in [2.05, 4.69) is 96.0 Å². The Balaban J connectivity index is 0.000000122. The quantitative estimate of drug-likeness (QED) is 0.185. The lowest BCUT2D eigenvalue weighted by molar-refractivity contribution is 0.615. The van der Waals surface area contributed by atoms with Crippen LogP contribution >= 0.6 is 34.3 Å². The summed E-state index contributed by atoms with van der Waals surface area (Å²) >= 11 is 8.96. The Morgan fingerprint density at radius 3 is 1.69 bits per heavy atom. The van der Waals surface area contributed by atoms with Crippen LogP contribution in [-0.2, 0) is 12.8 Å². The SMILES string of the molecule is Clc1nc2ccccc2s1.O.O[B]c1ccc2c(c1)-c1ccccc1C2.c1ccc2c(c1)Cc1ccc(-c3nc4ccccc4s3)cc1-2. The van der Waals surface area contributed by atoms with Crippen molar-refractivity contribution in [1.29, 1.82) is 0 Å². The number of hydrogen-bond acceptors (Lipinski definition) is 5. The van der Waals surface area contributed by atoms with Gasteiger partial charge in [-0.15, -0.1) is 22.7 Å². The van der Waals surface area contributed by atoms with E-state index in [1.54, 1.807) is 11.3 Å². The van der Waals surface area contributed by atoms with Gasteiger partial charge in [0, 0.05) is 5.56 Å². The molecule has 2 aliphatic carbocycles. The van der Waals surface area contributed by atoms with Crippen molar-refractivity contribution in [2.24, 2.45) is 0 Å². The third-order valence-corrected chi connectivity index (χ3v) is 10.8. The zero-order chi connectivity index (χ0) is 31.7. The predicted molar refractivity (Wildman–Crippen MR) is 204 cm³/mol. The van der Waals surface area contributed by atoms with Crippen molar-refractivity contribution in [3.63, 3.8) is 0 Å². The Morgan fingerprint density at radius 2 is 1.06 bits per heavy atom. The Labute approximate surface area is 292 Å². The third kappa shape index (κ3) is 6.31. The van der Waals surface area contributed by atoms with Gasteiger partial charge in [-0.2, -0.15) is 0 Å². The number of aromatic nitrogens is 2. The average Bonchev–Trinajstić information content (AvgIpc) is 3.89. The molecule has 0 bridgehead atoms. The molecule has 4 nitrogen and oxygen atoms in total. The third-order valence-electron chi connectivity index (χ3n) is 8.58. The van der Waals surface area contributed by atoms with Gasteiger partial charge in [-0.25, -0.2) is 9.97 Å². The van der Waals surface area contributed by atoms with E-state index in [0.29, 0.717) is 4.47 Å². The minimum absolute atomic E-state index is 0. The summed E-state index contributed by atoms with van der Waals surface area (Å²) in [5, 5.41) is 10.1. The molecule has 3 N–H and O–H groups in total. The number of halogens is 1. The van der Waals surface area contributed by atoms with Crippen LogP contribution in [0, 0.1) is 0 Å². The lowest BCUT2D eigenvalue weighted by atomic mass is 9.86. The molecule has 8 aromatic rings. The Hall–Kier alpha value is -4.63. The Kier molecular flexibility index (Phi) is 9.22. The molecule has 2 aromatic heterocycles. The molecule has 233 valence electrons. The number of hydrogen-bond donors (Lipinski definition) is 1. The lowest BCUT2D eigenvalue weighted by Crippen LogP contribution is -2.12. The normalized spacial score (nSPS) is 11.6. The van der Waals surface area contributed by atoms with Gasteiger partial charge in [-0.05, 0) is 87.7 Å². The van der Waals surface area contributed by atoms with Crippen LogP contribution in [0.4, 0.5) is 0 Å². The highest BCUT2D eigenvalue weighted by Crippen LogP contribution is 2.40. The fourth-order valence-corrected chi connectivity index (χ4v) is 8.31. The maximum absolute atomic E-state index is 8.99. The zero-order valence-electron chi connectivity index (χ0n) is 25.7. The van der Waals surface area contributed by atoms with Crippen molar-refractivity contribution in [1.82, 2.24) is 9.97 Å². The summed E-state index contributed by atoms with van der Waals surface area (Å²) in [5.74, 6) is 0. The minimum atomic E-state index is 0. The van der Waals surface area contributed by atoms with E-state index in [0.717, 1.165) is 46.5 Å². The Bertz CT molecular complexity index is 2340. The molecule has 0 saturated carbocycles. The van der Waals surface area contributed by atoms with Gasteiger partial charge in [0.2, 0.25) is 0 Å². The largest absolute Gasteiger partial charge is 0.450 e. The molecule has 2 heterocycles. The minimum Gasteiger partial charge on any atom is -0.450 e. The van der Waals surface area contributed by atoms with E-state index in [9.17, 15) is 0 Å². The lowest BCUT2D eigenvalue weighted by Gasteiger charge is -2.03. The van der Waals surface area contributed by atoms with Crippen LogP contribution in [0.1, 0.15) is 22.3 Å². The molecule has 0 aliphatic heterocycles. The van der Waals surface area contributed by atoms with E-state index < -0.39 is 0 Å². The highest BCUT2D eigenvalue weighted by atomic mass is 35.5. The molecule has 10 rings (SSSR count). The van der Waals surface area contributed by atoms with Gasteiger partial charge in [0.15, 0.2) is 4.47 Å². The second kappa shape index (κ2) is 13.8. The zero-order valence-corrected chi connectivity index (χ0v) is 28.1. The number of para-hydroxylation sites is 2. The molecule has 0 saturated heterocycles. The molecule has 0 spiro atoms. The molecule has 0 unspecified atom stereocenters. The standard InChI is InChI=1S/C20H13NS.C13H10BO.C7H4ClNS.H2O/c1-2-6-16-13(5-1)11-14-9-10-15(12-17(14)16)20-21-18-7-3-4-8-19(18)22-20;15-14-11-6-5-10-7-9-3-1-2-4-12(9)13(10)8-11;8-7-9-5-3-1-2-4-6(5)10-7;/h1-10,12H,11H2;1-6,8,15H,7H2;1-4H;1H2. The van der Waals surface area contributed by atoms with Crippen molar-refractivity contribution >= 4 is 67.7 Å². The molecule has 6 aromatic carbocycles. The molecule has 48 heavy (non-hydrogen) atoms. The number of thiazole rings is 2.